The molecule has 0 amide bonds. The molecule has 0 saturated heterocycles. The van der Waals surface area contributed by atoms with E-state index in [2.05, 4.69) is 9.97 Å². The third kappa shape index (κ3) is 4.15. The van der Waals surface area contributed by atoms with Crippen LogP contribution in [0.3, 0.4) is 0 Å². The van der Waals surface area contributed by atoms with Crippen molar-refractivity contribution in [3.8, 4) is 0 Å². The number of benzene rings is 1. The molecule has 25 heavy (non-hydrogen) atoms. The maximum atomic E-state index is 13.5. The van der Waals surface area contributed by atoms with Gasteiger partial charge in [-0.05, 0) is 24.5 Å². The Hall–Kier alpha value is -2.02. The molecule has 2 rings (SSSR count). The number of rotatable bonds is 4. The van der Waals surface area contributed by atoms with Crippen LogP contribution >= 0.6 is 12.2 Å². The molecule has 3 nitrogen and oxygen atoms in total. The number of hydrogen-bond acceptors (Lipinski definition) is 3. The largest absolute Gasteiger partial charge is 0.433 e. The third-order valence-electron chi connectivity index (χ3n) is 4.12. The Morgan fingerprint density at radius 1 is 1.16 bits per heavy atom. The number of halogens is 3. The number of nitrogens with zero attached hydrogens (tertiary/aromatic N) is 3. The molecule has 1 aromatic carbocycles. The second-order valence-corrected chi connectivity index (χ2v) is 6.77. The van der Waals surface area contributed by atoms with Crippen LogP contribution in [0, 0.1) is 5.92 Å². The van der Waals surface area contributed by atoms with E-state index in [-0.39, 0.29) is 11.5 Å². The zero-order valence-corrected chi connectivity index (χ0v) is 15.3. The van der Waals surface area contributed by atoms with Crippen LogP contribution in [0.5, 0.6) is 0 Å². The Kier molecular flexibility index (Phi) is 5.77. The van der Waals surface area contributed by atoms with Crippen molar-refractivity contribution in [3.63, 3.8) is 0 Å². The molecule has 1 aromatic heterocycles. The first-order chi connectivity index (χ1) is 11.6. The van der Waals surface area contributed by atoms with Crippen molar-refractivity contribution in [1.29, 1.82) is 0 Å². The van der Waals surface area contributed by atoms with Crippen LogP contribution < -0.4 is 4.90 Å². The van der Waals surface area contributed by atoms with Gasteiger partial charge in [0.15, 0.2) is 5.69 Å². The Bertz CT molecular complexity index is 759. The SMILES string of the molecule is CC(=S)N(C)c1ccccc1C(c1cncnc1C(F)(F)F)C(C)C. The normalized spacial score (nSPS) is 13.0. The number of hydrogen-bond donors (Lipinski definition) is 0. The van der Waals surface area contributed by atoms with Gasteiger partial charge in [0, 0.05) is 30.4 Å². The van der Waals surface area contributed by atoms with E-state index in [1.54, 1.807) is 11.8 Å². The summed E-state index contributed by atoms with van der Waals surface area (Å²) in [5.41, 5.74) is 0.737. The van der Waals surface area contributed by atoms with Gasteiger partial charge < -0.3 is 4.90 Å². The highest BCUT2D eigenvalue weighted by Gasteiger charge is 2.38. The smallest absolute Gasteiger partial charge is 0.339 e. The minimum atomic E-state index is -4.54. The summed E-state index contributed by atoms with van der Waals surface area (Å²) < 4.78 is 40.4. The summed E-state index contributed by atoms with van der Waals surface area (Å²) in [5.74, 6) is -0.599. The summed E-state index contributed by atoms with van der Waals surface area (Å²) in [6.07, 6.45) is -2.34. The molecule has 0 fully saturated rings. The van der Waals surface area contributed by atoms with Crippen molar-refractivity contribution in [2.24, 2.45) is 5.92 Å². The summed E-state index contributed by atoms with van der Waals surface area (Å²) in [6.45, 7) is 5.56. The first-order valence-electron chi connectivity index (χ1n) is 7.85. The second kappa shape index (κ2) is 7.47. The monoisotopic (exact) mass is 367 g/mol. The average molecular weight is 367 g/mol. The Morgan fingerprint density at radius 2 is 1.80 bits per heavy atom. The van der Waals surface area contributed by atoms with E-state index in [0.717, 1.165) is 17.6 Å². The zero-order chi connectivity index (χ0) is 18.8. The molecule has 0 spiro atoms. The van der Waals surface area contributed by atoms with Gasteiger partial charge in [-0.1, -0.05) is 44.3 Å². The summed E-state index contributed by atoms with van der Waals surface area (Å²) >= 11 is 5.24. The zero-order valence-electron chi connectivity index (χ0n) is 14.5. The Balaban J connectivity index is 2.69. The van der Waals surface area contributed by atoms with Crippen molar-refractivity contribution in [2.75, 3.05) is 11.9 Å². The van der Waals surface area contributed by atoms with E-state index in [9.17, 15) is 13.2 Å². The number of aromatic nitrogens is 2. The fourth-order valence-electron chi connectivity index (χ4n) is 2.92. The van der Waals surface area contributed by atoms with Crippen LogP contribution in [0.15, 0.2) is 36.8 Å². The summed E-state index contributed by atoms with van der Waals surface area (Å²) in [7, 11) is 1.81. The molecule has 0 bridgehead atoms. The predicted molar refractivity (Wildman–Crippen MR) is 96.8 cm³/mol. The molecule has 7 heteroatoms. The Morgan fingerprint density at radius 3 is 2.36 bits per heavy atom. The van der Waals surface area contributed by atoms with Crippen molar-refractivity contribution in [1.82, 2.24) is 9.97 Å². The molecule has 1 unspecified atom stereocenters. The van der Waals surface area contributed by atoms with E-state index >= 15 is 0 Å². The van der Waals surface area contributed by atoms with Crippen molar-refractivity contribution in [3.05, 3.63) is 53.6 Å². The first kappa shape index (κ1) is 19.3. The standard InChI is InChI=1S/C18H20F3N3S/c1-11(2)16(14-9-22-10-23-17(14)18(19,20)21)13-7-5-6-8-15(13)24(4)12(3)25/h5-11,16H,1-4H3. The lowest BCUT2D eigenvalue weighted by Gasteiger charge is -2.29. The van der Waals surface area contributed by atoms with Gasteiger partial charge >= 0.3 is 6.18 Å². The summed E-state index contributed by atoms with van der Waals surface area (Å²) in [5, 5.41) is 0. The minimum Gasteiger partial charge on any atom is -0.339 e. The highest BCUT2D eigenvalue weighted by molar-refractivity contribution is 7.80. The predicted octanol–water partition coefficient (Wildman–Crippen LogP) is 5.07. The van der Waals surface area contributed by atoms with E-state index < -0.39 is 17.8 Å². The molecule has 0 radical (unpaired) electrons. The molecule has 134 valence electrons. The maximum Gasteiger partial charge on any atom is 0.433 e. The van der Waals surface area contributed by atoms with Crippen LogP contribution in [0.1, 0.15) is 43.5 Å². The minimum absolute atomic E-state index is 0.0767. The highest BCUT2D eigenvalue weighted by atomic mass is 32.1. The van der Waals surface area contributed by atoms with Gasteiger partial charge in [-0.15, -0.1) is 0 Å². The molecule has 1 heterocycles. The molecular formula is C18H20F3N3S. The number of anilines is 1. The van der Waals surface area contributed by atoms with Gasteiger partial charge in [0.2, 0.25) is 0 Å². The van der Waals surface area contributed by atoms with Gasteiger partial charge in [-0.3, -0.25) is 0 Å². The topological polar surface area (TPSA) is 29.0 Å². The molecule has 0 saturated carbocycles. The van der Waals surface area contributed by atoms with Crippen molar-refractivity contribution >= 4 is 22.9 Å². The van der Waals surface area contributed by atoms with Crippen LogP contribution in [-0.2, 0) is 6.18 Å². The molecule has 0 aliphatic heterocycles. The van der Waals surface area contributed by atoms with E-state index in [4.69, 9.17) is 12.2 Å². The van der Waals surface area contributed by atoms with Crippen LogP contribution in [-0.4, -0.2) is 22.0 Å². The van der Waals surface area contributed by atoms with Crippen molar-refractivity contribution < 1.29 is 13.2 Å². The summed E-state index contributed by atoms with van der Waals surface area (Å²) in [4.78, 5) is 9.80. The average Bonchev–Trinajstić information content (AvgIpc) is 2.54. The molecule has 0 aliphatic rings. The number of alkyl halides is 3. The van der Waals surface area contributed by atoms with Gasteiger partial charge in [-0.25, -0.2) is 9.97 Å². The fourth-order valence-corrected chi connectivity index (χ4v) is 3.01. The maximum absolute atomic E-state index is 13.5. The number of para-hydroxylation sites is 1. The van der Waals surface area contributed by atoms with Crippen LogP contribution in [0.4, 0.5) is 18.9 Å². The quantitative estimate of drug-likeness (QED) is 0.706. The van der Waals surface area contributed by atoms with E-state index in [1.807, 2.05) is 45.2 Å². The summed E-state index contributed by atoms with van der Waals surface area (Å²) in [6, 6.07) is 7.36. The van der Waals surface area contributed by atoms with E-state index in [0.29, 0.717) is 4.99 Å². The Labute approximate surface area is 150 Å². The van der Waals surface area contributed by atoms with Gasteiger partial charge in [-0.2, -0.15) is 13.2 Å². The first-order valence-corrected chi connectivity index (χ1v) is 8.25. The van der Waals surface area contributed by atoms with E-state index in [1.165, 1.54) is 6.20 Å². The van der Waals surface area contributed by atoms with Crippen LogP contribution in [0.2, 0.25) is 0 Å². The van der Waals surface area contributed by atoms with Gasteiger partial charge in [0.05, 0.1) is 4.99 Å². The lowest BCUT2D eigenvalue weighted by atomic mass is 9.81. The molecule has 2 aromatic rings. The molecule has 1 atom stereocenters. The van der Waals surface area contributed by atoms with Gasteiger partial charge in [0.1, 0.15) is 6.33 Å². The second-order valence-electron chi connectivity index (χ2n) is 6.18. The fraction of sp³-hybridized carbons (Fsp3) is 0.389. The highest BCUT2D eigenvalue weighted by Crippen LogP contribution is 2.41. The lowest BCUT2D eigenvalue weighted by molar-refractivity contribution is -0.142. The van der Waals surface area contributed by atoms with Crippen LogP contribution in [0.25, 0.3) is 0 Å². The molecule has 0 N–H and O–H groups in total. The van der Waals surface area contributed by atoms with Gasteiger partial charge in [0.25, 0.3) is 0 Å². The number of thiocarbonyl (C=S) groups is 1. The molecular weight excluding hydrogens is 347 g/mol. The van der Waals surface area contributed by atoms with Crippen molar-refractivity contribution in [2.45, 2.75) is 32.9 Å². The lowest BCUT2D eigenvalue weighted by Crippen LogP contribution is -2.25. The molecule has 0 aliphatic carbocycles. The third-order valence-corrected chi connectivity index (χ3v) is 4.39.